The highest BCUT2D eigenvalue weighted by molar-refractivity contribution is 5.95. The van der Waals surface area contributed by atoms with Crippen LogP contribution in [0.5, 0.6) is 5.75 Å². The van der Waals surface area contributed by atoms with E-state index >= 15 is 0 Å². The second kappa shape index (κ2) is 9.59. The number of pyridine rings is 1. The molecule has 0 bridgehead atoms. The van der Waals surface area contributed by atoms with E-state index in [1.54, 1.807) is 0 Å². The van der Waals surface area contributed by atoms with E-state index in [0.717, 1.165) is 38.4 Å². The van der Waals surface area contributed by atoms with Crippen LogP contribution in [0.1, 0.15) is 49.4 Å². The molecule has 1 aromatic carbocycles. The number of nitrogens with zero attached hydrogens (tertiary/aromatic N) is 1. The summed E-state index contributed by atoms with van der Waals surface area (Å²) in [6, 6.07) is 3.59. The van der Waals surface area contributed by atoms with E-state index in [2.05, 4.69) is 10.3 Å². The number of halogens is 8. The minimum Gasteiger partial charge on any atom is -0.496 e. The minimum absolute atomic E-state index is 0.116. The Balaban J connectivity index is 2.08. The maximum Gasteiger partial charge on any atom is 0.417 e. The first kappa shape index (κ1) is 26.6. The zero-order valence-corrected chi connectivity index (χ0v) is 18.5. The standard InChI is InChI=1S/C22H20F8N2O3/c1-9-14(11-5-6-12(23)15(19(26)27)16(11)34-3)17(35-21(9,2)22(28,29)30)20(33)32-10-4-7-13(18(24)25)31-8-10/h4-9,14,17-19H,1-3H3,(H,32,33)/t9-,14-,17+,21+/m1/s1. The van der Waals surface area contributed by atoms with Crippen LogP contribution >= 0.6 is 0 Å². The Morgan fingerprint density at radius 2 is 1.80 bits per heavy atom. The van der Waals surface area contributed by atoms with E-state index < -0.39 is 71.3 Å². The molecule has 1 N–H and O–H groups in total. The fourth-order valence-electron chi connectivity index (χ4n) is 4.13. The van der Waals surface area contributed by atoms with Gasteiger partial charge in [-0.25, -0.2) is 22.0 Å². The number of hydrogen-bond acceptors (Lipinski definition) is 4. The highest BCUT2D eigenvalue weighted by Gasteiger charge is 2.66. The maximum absolute atomic E-state index is 14.1. The molecule has 2 aromatic rings. The number of rotatable bonds is 6. The summed E-state index contributed by atoms with van der Waals surface area (Å²) < 4.78 is 119. The van der Waals surface area contributed by atoms with Gasteiger partial charge >= 0.3 is 6.18 Å². The molecule has 0 radical (unpaired) electrons. The topological polar surface area (TPSA) is 60.5 Å². The summed E-state index contributed by atoms with van der Waals surface area (Å²) in [7, 11) is 0.943. The molecule has 1 saturated heterocycles. The van der Waals surface area contributed by atoms with Crippen LogP contribution in [0.25, 0.3) is 0 Å². The Bertz CT molecular complexity index is 1080. The summed E-state index contributed by atoms with van der Waals surface area (Å²) in [4.78, 5) is 16.5. The Morgan fingerprint density at radius 1 is 1.14 bits per heavy atom. The molecule has 0 unspecified atom stereocenters. The normalized spacial score (nSPS) is 24.8. The molecule has 192 valence electrons. The first-order valence-electron chi connectivity index (χ1n) is 10.2. The predicted octanol–water partition coefficient (Wildman–Crippen LogP) is 6.18. The van der Waals surface area contributed by atoms with Crippen molar-refractivity contribution in [2.75, 3.05) is 12.4 Å². The number of hydrogen-bond donors (Lipinski definition) is 1. The molecule has 5 nitrogen and oxygen atoms in total. The van der Waals surface area contributed by atoms with Crippen molar-refractivity contribution in [2.24, 2.45) is 5.92 Å². The van der Waals surface area contributed by atoms with E-state index in [4.69, 9.17) is 9.47 Å². The molecular weight excluding hydrogens is 492 g/mol. The second-order valence-electron chi connectivity index (χ2n) is 8.10. The molecule has 2 heterocycles. The number of alkyl halides is 7. The fourth-order valence-corrected chi connectivity index (χ4v) is 4.13. The van der Waals surface area contributed by atoms with Gasteiger partial charge in [-0.2, -0.15) is 13.2 Å². The molecule has 1 aliphatic heterocycles. The van der Waals surface area contributed by atoms with Crippen molar-refractivity contribution in [3.8, 4) is 5.75 Å². The van der Waals surface area contributed by atoms with Crippen LogP contribution in [0.2, 0.25) is 0 Å². The molecule has 1 aromatic heterocycles. The summed E-state index contributed by atoms with van der Waals surface area (Å²) in [6.07, 6.45) is -12.2. The summed E-state index contributed by atoms with van der Waals surface area (Å²) in [6.45, 7) is 1.83. The van der Waals surface area contributed by atoms with Gasteiger partial charge in [-0.3, -0.25) is 9.78 Å². The fraction of sp³-hybridized carbons (Fsp3) is 0.455. The van der Waals surface area contributed by atoms with E-state index in [1.807, 2.05) is 0 Å². The van der Waals surface area contributed by atoms with Crippen LogP contribution in [-0.2, 0) is 9.53 Å². The third-order valence-electron chi connectivity index (χ3n) is 6.16. The zero-order chi connectivity index (χ0) is 26.3. The van der Waals surface area contributed by atoms with Gasteiger partial charge in [0.1, 0.15) is 23.4 Å². The second-order valence-corrected chi connectivity index (χ2v) is 8.10. The average Bonchev–Trinajstić information content (AvgIpc) is 3.05. The molecule has 1 amide bonds. The van der Waals surface area contributed by atoms with E-state index in [9.17, 15) is 39.9 Å². The van der Waals surface area contributed by atoms with Gasteiger partial charge in [-0.05, 0) is 25.1 Å². The zero-order valence-electron chi connectivity index (χ0n) is 18.5. The summed E-state index contributed by atoms with van der Waals surface area (Å²) in [5.41, 5.74) is -5.04. The highest BCUT2D eigenvalue weighted by atomic mass is 19.4. The number of carbonyl (C=O) groups is 1. The number of carbonyl (C=O) groups excluding carboxylic acids is 1. The van der Waals surface area contributed by atoms with Gasteiger partial charge < -0.3 is 14.8 Å². The van der Waals surface area contributed by atoms with Crippen molar-refractivity contribution < 1.29 is 49.4 Å². The van der Waals surface area contributed by atoms with Gasteiger partial charge in [0.05, 0.1) is 24.6 Å². The quantitative estimate of drug-likeness (QED) is 0.470. The van der Waals surface area contributed by atoms with E-state index in [0.29, 0.717) is 13.0 Å². The lowest BCUT2D eigenvalue weighted by Crippen LogP contribution is -2.47. The number of anilines is 1. The monoisotopic (exact) mass is 512 g/mol. The lowest BCUT2D eigenvalue weighted by Gasteiger charge is -2.32. The smallest absolute Gasteiger partial charge is 0.417 e. The molecule has 0 spiro atoms. The Morgan fingerprint density at radius 3 is 2.29 bits per heavy atom. The van der Waals surface area contributed by atoms with Crippen LogP contribution < -0.4 is 10.1 Å². The molecule has 0 aliphatic carbocycles. The van der Waals surface area contributed by atoms with Crippen molar-refractivity contribution in [1.82, 2.24) is 4.98 Å². The van der Waals surface area contributed by atoms with Crippen molar-refractivity contribution in [3.05, 3.63) is 53.1 Å². The third kappa shape index (κ3) is 4.78. The van der Waals surface area contributed by atoms with Crippen LogP contribution in [0.3, 0.4) is 0 Å². The molecule has 3 rings (SSSR count). The van der Waals surface area contributed by atoms with Crippen LogP contribution in [0.4, 0.5) is 40.8 Å². The van der Waals surface area contributed by atoms with Crippen molar-refractivity contribution in [1.29, 1.82) is 0 Å². The van der Waals surface area contributed by atoms with Crippen molar-refractivity contribution in [3.63, 3.8) is 0 Å². The van der Waals surface area contributed by atoms with Gasteiger partial charge in [-0.1, -0.05) is 13.0 Å². The summed E-state index contributed by atoms with van der Waals surface area (Å²) >= 11 is 0. The van der Waals surface area contributed by atoms with Crippen LogP contribution in [-0.4, -0.2) is 35.9 Å². The minimum atomic E-state index is -4.97. The first-order valence-corrected chi connectivity index (χ1v) is 10.2. The highest BCUT2D eigenvalue weighted by Crippen LogP contribution is 2.55. The lowest BCUT2D eigenvalue weighted by atomic mass is 9.76. The van der Waals surface area contributed by atoms with E-state index in [-0.39, 0.29) is 11.3 Å². The molecule has 35 heavy (non-hydrogen) atoms. The molecule has 0 saturated carbocycles. The Labute approximate surface area is 194 Å². The number of ether oxygens (including phenoxy) is 2. The van der Waals surface area contributed by atoms with Gasteiger partial charge in [-0.15, -0.1) is 0 Å². The number of aromatic nitrogens is 1. The molecule has 13 heteroatoms. The Hall–Kier alpha value is -2.96. The van der Waals surface area contributed by atoms with E-state index in [1.165, 1.54) is 0 Å². The number of methoxy groups -OCH3 is 1. The Kier molecular flexibility index (Phi) is 7.30. The SMILES string of the molecule is COc1c([C@@H]2[C@@H](C(=O)Nc3ccc(C(F)F)nc3)O[C@](C)(C(F)(F)F)[C@@H]2C)ccc(F)c1C(F)F. The van der Waals surface area contributed by atoms with Gasteiger partial charge in [0.25, 0.3) is 18.8 Å². The number of amides is 1. The van der Waals surface area contributed by atoms with Crippen LogP contribution in [0, 0.1) is 11.7 Å². The van der Waals surface area contributed by atoms with Gasteiger partial charge in [0.15, 0.2) is 5.60 Å². The largest absolute Gasteiger partial charge is 0.496 e. The predicted molar refractivity (Wildman–Crippen MR) is 107 cm³/mol. The van der Waals surface area contributed by atoms with Crippen molar-refractivity contribution in [2.45, 2.75) is 50.5 Å². The lowest BCUT2D eigenvalue weighted by molar-refractivity contribution is -0.272. The van der Waals surface area contributed by atoms with Crippen molar-refractivity contribution >= 4 is 11.6 Å². The van der Waals surface area contributed by atoms with Gasteiger partial charge in [0, 0.05) is 17.4 Å². The molecular formula is C22H20F8N2O3. The summed E-state index contributed by atoms with van der Waals surface area (Å²) in [5, 5.41) is 2.24. The molecule has 1 aliphatic rings. The maximum atomic E-state index is 14.1. The number of nitrogens with one attached hydrogen (secondary N) is 1. The molecule has 4 atom stereocenters. The van der Waals surface area contributed by atoms with Crippen LogP contribution in [0.15, 0.2) is 30.5 Å². The summed E-state index contributed by atoms with van der Waals surface area (Å²) in [5.74, 6) is -6.17. The molecule has 1 fully saturated rings. The van der Waals surface area contributed by atoms with Gasteiger partial charge in [0.2, 0.25) is 0 Å². The average molecular weight is 512 g/mol. The third-order valence-corrected chi connectivity index (χ3v) is 6.16. The first-order chi connectivity index (χ1) is 16.2. The number of benzene rings is 1.